The van der Waals surface area contributed by atoms with Crippen LogP contribution in [0.25, 0.3) is 0 Å². The van der Waals surface area contributed by atoms with Crippen molar-refractivity contribution in [2.24, 2.45) is 12.8 Å². The zero-order valence-corrected chi connectivity index (χ0v) is 9.76. The standard InChI is InChI=1S/C10H13N5S/c1-15-7-13-14-10(15)16-9(6-11)8-4-2-3-5-12-8/h2-5,7,9H,6,11H2,1H3. The van der Waals surface area contributed by atoms with E-state index in [9.17, 15) is 0 Å². The molecule has 84 valence electrons. The molecule has 2 heterocycles. The van der Waals surface area contributed by atoms with E-state index >= 15 is 0 Å². The minimum atomic E-state index is 0.115. The molecule has 0 aliphatic heterocycles. The first-order valence-electron chi connectivity index (χ1n) is 4.93. The molecule has 0 aromatic carbocycles. The fourth-order valence-corrected chi connectivity index (χ4v) is 2.22. The second kappa shape index (κ2) is 5.09. The fraction of sp³-hybridized carbons (Fsp3) is 0.300. The summed E-state index contributed by atoms with van der Waals surface area (Å²) >= 11 is 1.58. The van der Waals surface area contributed by atoms with Gasteiger partial charge in [-0.3, -0.25) is 4.98 Å². The van der Waals surface area contributed by atoms with Crippen LogP contribution in [0.5, 0.6) is 0 Å². The van der Waals surface area contributed by atoms with E-state index in [1.165, 1.54) is 0 Å². The van der Waals surface area contributed by atoms with Crippen molar-refractivity contribution < 1.29 is 0 Å². The minimum Gasteiger partial charge on any atom is -0.329 e. The van der Waals surface area contributed by atoms with Gasteiger partial charge in [0.15, 0.2) is 5.16 Å². The first-order valence-corrected chi connectivity index (χ1v) is 5.81. The highest BCUT2D eigenvalue weighted by Gasteiger charge is 2.15. The summed E-state index contributed by atoms with van der Waals surface area (Å²) in [6.07, 6.45) is 3.45. The number of hydrogen-bond acceptors (Lipinski definition) is 5. The summed E-state index contributed by atoms with van der Waals surface area (Å²) in [5.74, 6) is 0. The minimum absolute atomic E-state index is 0.115. The second-order valence-corrected chi connectivity index (χ2v) is 4.49. The lowest BCUT2D eigenvalue weighted by molar-refractivity contribution is 0.779. The van der Waals surface area contributed by atoms with Gasteiger partial charge in [0.05, 0.1) is 10.9 Å². The van der Waals surface area contributed by atoms with E-state index in [-0.39, 0.29) is 5.25 Å². The Labute approximate surface area is 98.1 Å². The molecule has 0 spiro atoms. The Kier molecular flexibility index (Phi) is 3.53. The Balaban J connectivity index is 2.16. The molecule has 0 aliphatic carbocycles. The van der Waals surface area contributed by atoms with Gasteiger partial charge >= 0.3 is 0 Å². The van der Waals surface area contributed by atoms with E-state index in [0.29, 0.717) is 6.54 Å². The molecule has 0 amide bonds. The Hall–Kier alpha value is -1.40. The third-order valence-corrected chi connectivity index (χ3v) is 3.45. The average molecular weight is 235 g/mol. The molecule has 2 N–H and O–H groups in total. The Morgan fingerprint density at radius 3 is 2.94 bits per heavy atom. The molecule has 0 saturated heterocycles. The van der Waals surface area contributed by atoms with Crippen LogP contribution < -0.4 is 5.73 Å². The van der Waals surface area contributed by atoms with Crippen molar-refractivity contribution in [3.05, 3.63) is 36.4 Å². The van der Waals surface area contributed by atoms with E-state index < -0.39 is 0 Å². The van der Waals surface area contributed by atoms with Gasteiger partial charge < -0.3 is 10.3 Å². The van der Waals surface area contributed by atoms with Crippen molar-refractivity contribution in [1.82, 2.24) is 19.7 Å². The number of aryl methyl sites for hydroxylation is 1. The highest BCUT2D eigenvalue weighted by molar-refractivity contribution is 7.99. The molecule has 0 saturated carbocycles. The molecular formula is C10H13N5S. The monoisotopic (exact) mass is 235 g/mol. The number of rotatable bonds is 4. The van der Waals surface area contributed by atoms with Crippen molar-refractivity contribution >= 4 is 11.8 Å². The molecule has 2 aromatic heterocycles. The second-order valence-electron chi connectivity index (χ2n) is 3.32. The maximum atomic E-state index is 5.75. The summed E-state index contributed by atoms with van der Waals surface area (Å²) in [5.41, 5.74) is 6.72. The van der Waals surface area contributed by atoms with Crippen LogP contribution in [0.1, 0.15) is 10.9 Å². The summed E-state index contributed by atoms with van der Waals surface area (Å²) in [6, 6.07) is 5.83. The summed E-state index contributed by atoms with van der Waals surface area (Å²) in [6.45, 7) is 0.522. The van der Waals surface area contributed by atoms with Crippen LogP contribution >= 0.6 is 11.8 Å². The van der Waals surface area contributed by atoms with Crippen LogP contribution in [0.4, 0.5) is 0 Å². The largest absolute Gasteiger partial charge is 0.329 e. The van der Waals surface area contributed by atoms with Crippen molar-refractivity contribution in [2.75, 3.05) is 6.54 Å². The number of nitrogens with two attached hydrogens (primary N) is 1. The Bertz CT molecular complexity index is 441. The lowest BCUT2D eigenvalue weighted by Gasteiger charge is -2.12. The molecule has 0 radical (unpaired) electrons. The predicted octanol–water partition coefficient (Wildman–Crippen LogP) is 1.00. The van der Waals surface area contributed by atoms with Gasteiger partial charge in [-0.25, -0.2) is 0 Å². The molecule has 2 aromatic rings. The molecule has 6 heteroatoms. The lowest BCUT2D eigenvalue weighted by Crippen LogP contribution is -2.11. The van der Waals surface area contributed by atoms with Crippen molar-refractivity contribution in [3.8, 4) is 0 Å². The van der Waals surface area contributed by atoms with Gasteiger partial charge in [-0.15, -0.1) is 10.2 Å². The van der Waals surface area contributed by atoms with Crippen molar-refractivity contribution in [3.63, 3.8) is 0 Å². The van der Waals surface area contributed by atoms with Crippen molar-refractivity contribution in [2.45, 2.75) is 10.4 Å². The molecule has 0 fully saturated rings. The van der Waals surface area contributed by atoms with Crippen molar-refractivity contribution in [1.29, 1.82) is 0 Å². The zero-order valence-electron chi connectivity index (χ0n) is 8.95. The highest BCUT2D eigenvalue weighted by Crippen LogP contribution is 2.31. The smallest absolute Gasteiger partial charge is 0.191 e. The van der Waals surface area contributed by atoms with E-state index in [4.69, 9.17) is 5.73 Å². The lowest BCUT2D eigenvalue weighted by atomic mass is 10.3. The van der Waals surface area contributed by atoms with E-state index in [1.54, 1.807) is 24.3 Å². The van der Waals surface area contributed by atoms with Gasteiger partial charge in [0.25, 0.3) is 0 Å². The molecule has 1 atom stereocenters. The molecule has 0 aliphatic rings. The van der Waals surface area contributed by atoms with Crippen LogP contribution in [0.3, 0.4) is 0 Å². The number of aromatic nitrogens is 4. The molecular weight excluding hydrogens is 222 g/mol. The quantitative estimate of drug-likeness (QED) is 0.801. The molecule has 1 unspecified atom stereocenters. The molecule has 16 heavy (non-hydrogen) atoms. The van der Waals surface area contributed by atoms with Crippen LogP contribution in [0.15, 0.2) is 35.9 Å². The van der Waals surface area contributed by atoms with E-state index in [2.05, 4.69) is 15.2 Å². The average Bonchev–Trinajstić information content (AvgIpc) is 2.73. The third kappa shape index (κ3) is 2.40. The number of pyridine rings is 1. The van der Waals surface area contributed by atoms with Gasteiger partial charge in [0, 0.05) is 19.8 Å². The number of hydrogen-bond donors (Lipinski definition) is 1. The zero-order chi connectivity index (χ0) is 11.4. The predicted molar refractivity (Wildman–Crippen MR) is 62.9 cm³/mol. The highest BCUT2D eigenvalue weighted by atomic mass is 32.2. The van der Waals surface area contributed by atoms with Gasteiger partial charge in [-0.1, -0.05) is 17.8 Å². The maximum Gasteiger partial charge on any atom is 0.191 e. The van der Waals surface area contributed by atoms with Crippen LogP contribution in [0.2, 0.25) is 0 Å². The summed E-state index contributed by atoms with van der Waals surface area (Å²) in [5, 5.41) is 8.82. The SMILES string of the molecule is Cn1cnnc1SC(CN)c1ccccn1. The van der Waals surface area contributed by atoms with Gasteiger partial charge in [0.2, 0.25) is 0 Å². The van der Waals surface area contributed by atoms with Gasteiger partial charge in [-0.2, -0.15) is 0 Å². The first kappa shape index (κ1) is 11.1. The summed E-state index contributed by atoms with van der Waals surface area (Å²) in [4.78, 5) is 4.30. The number of nitrogens with zero attached hydrogens (tertiary/aromatic N) is 4. The normalized spacial score (nSPS) is 12.6. The van der Waals surface area contributed by atoms with Gasteiger partial charge in [0.1, 0.15) is 6.33 Å². The first-order chi connectivity index (χ1) is 7.81. The van der Waals surface area contributed by atoms with Crippen LogP contribution in [-0.2, 0) is 7.05 Å². The topological polar surface area (TPSA) is 69.6 Å². The Morgan fingerprint density at radius 2 is 2.38 bits per heavy atom. The molecule has 5 nitrogen and oxygen atoms in total. The van der Waals surface area contributed by atoms with E-state index in [0.717, 1.165) is 10.9 Å². The maximum absolute atomic E-state index is 5.75. The van der Waals surface area contributed by atoms with Crippen LogP contribution in [0, 0.1) is 0 Å². The molecule has 0 bridgehead atoms. The Morgan fingerprint density at radius 1 is 1.50 bits per heavy atom. The summed E-state index contributed by atoms with van der Waals surface area (Å²) in [7, 11) is 1.91. The molecule has 2 rings (SSSR count). The van der Waals surface area contributed by atoms with Crippen LogP contribution in [-0.4, -0.2) is 26.3 Å². The van der Waals surface area contributed by atoms with Gasteiger partial charge in [-0.05, 0) is 12.1 Å². The van der Waals surface area contributed by atoms with E-state index in [1.807, 2.05) is 29.8 Å². The number of thioether (sulfide) groups is 1. The third-order valence-electron chi connectivity index (χ3n) is 2.15. The fourth-order valence-electron chi connectivity index (χ4n) is 1.30. The summed E-state index contributed by atoms with van der Waals surface area (Å²) < 4.78 is 1.87.